The van der Waals surface area contributed by atoms with Gasteiger partial charge in [0.1, 0.15) is 0 Å². The Bertz CT molecular complexity index is 1630. The van der Waals surface area contributed by atoms with Crippen LogP contribution in [0.2, 0.25) is 0 Å². The second kappa shape index (κ2) is 15.2. The number of fused-ring (bicyclic) bond motifs is 3. The van der Waals surface area contributed by atoms with Crippen molar-refractivity contribution in [3.8, 4) is 11.1 Å². The van der Waals surface area contributed by atoms with Gasteiger partial charge in [-0.15, -0.1) is 0 Å². The van der Waals surface area contributed by atoms with E-state index in [-0.39, 0.29) is 24.8 Å². The van der Waals surface area contributed by atoms with Crippen LogP contribution >= 0.6 is 0 Å². The van der Waals surface area contributed by atoms with E-state index in [1.54, 1.807) is 29.9 Å². The summed E-state index contributed by atoms with van der Waals surface area (Å²) in [5.74, 6) is 1.44. The molecule has 2 saturated carbocycles. The zero-order valence-electron chi connectivity index (χ0n) is 26.7. The monoisotopic (exact) mass is 678 g/mol. The Labute approximate surface area is 294 Å². The fourth-order valence-corrected chi connectivity index (χ4v) is 14.5. The van der Waals surface area contributed by atoms with Crippen molar-refractivity contribution in [2.45, 2.75) is 86.7 Å². The van der Waals surface area contributed by atoms with Gasteiger partial charge in [0.2, 0.25) is 0 Å². The molecule has 4 aromatic rings. The Morgan fingerprint density at radius 1 is 0.543 bits per heavy atom. The van der Waals surface area contributed by atoms with Gasteiger partial charge < -0.3 is 24.8 Å². The van der Waals surface area contributed by atoms with Crippen LogP contribution in [0.15, 0.2) is 119 Å². The van der Waals surface area contributed by atoms with Crippen molar-refractivity contribution in [1.29, 1.82) is 0 Å². The van der Waals surface area contributed by atoms with Gasteiger partial charge >= 0.3 is 272 Å². The van der Waals surface area contributed by atoms with Gasteiger partial charge in [0.25, 0.3) is 0 Å². The fraction of sp³-hybridized carbons (Fsp3) is 0.326. The number of allylic oxidation sites excluding steroid dienone is 4. The molecule has 0 nitrogen and oxygen atoms in total. The maximum Gasteiger partial charge on any atom is -1.00 e. The van der Waals surface area contributed by atoms with Crippen LogP contribution in [-0.2, 0) is 17.4 Å². The summed E-state index contributed by atoms with van der Waals surface area (Å²) in [6, 6.07) is 38.3. The zero-order chi connectivity index (χ0) is 29.3. The third-order valence-electron chi connectivity index (χ3n) is 11.0. The molecule has 0 radical (unpaired) electrons. The van der Waals surface area contributed by atoms with Crippen molar-refractivity contribution in [1.82, 2.24) is 0 Å². The smallest absolute Gasteiger partial charge is 1.00 e. The number of hydrogen-bond acceptors (Lipinski definition) is 0. The van der Waals surface area contributed by atoms with Crippen LogP contribution in [0.25, 0.3) is 11.1 Å². The number of rotatable bonds is 6. The van der Waals surface area contributed by atoms with E-state index in [0.717, 1.165) is 18.3 Å². The minimum absolute atomic E-state index is 0. The van der Waals surface area contributed by atoms with Crippen LogP contribution in [0, 0.1) is 0 Å². The summed E-state index contributed by atoms with van der Waals surface area (Å²) in [6.07, 6.45) is 22.1. The SMILES string of the molecule is C1=CC[C]([Ti+2](=[C](c2ccccc2)c2ccccc2)[CH]2c3cc(C4CCCCC4)ccc3-c3ccc(C4CCCCC4)cc32)=C1.[Cl-].[Cl-]. The molecule has 0 spiro atoms. The second-order valence-corrected chi connectivity index (χ2v) is 17.6. The van der Waals surface area contributed by atoms with Crippen molar-refractivity contribution in [2.24, 2.45) is 0 Å². The Morgan fingerprint density at radius 2 is 1.02 bits per heavy atom. The van der Waals surface area contributed by atoms with Crippen molar-refractivity contribution in [2.75, 3.05) is 0 Å². The van der Waals surface area contributed by atoms with E-state index in [1.165, 1.54) is 86.5 Å². The molecule has 0 bridgehead atoms. The standard InChI is InChI=1S/C25H29.C13H10.C5H5.2ClH.Ti/c1-3-7-18(8-4-1)20-11-13-24-22(15-20)17-23-16-21(12-14-25(23)24)19-9-5-2-6-10-19;1-3-7-12(8-4-1)11-13-9-5-2-6-10-13;1-2-4-5-3-1;;;/h11-19H,1-10H2;1-10H;1-3H,4H2;2*1H;/q;;;;;+2/p-2. The van der Waals surface area contributed by atoms with Gasteiger partial charge in [-0.3, -0.25) is 0 Å². The van der Waals surface area contributed by atoms with Crippen LogP contribution in [0.4, 0.5) is 0 Å². The first-order valence-corrected chi connectivity index (χ1v) is 19.8. The summed E-state index contributed by atoms with van der Waals surface area (Å²) < 4.78 is 3.81. The summed E-state index contributed by atoms with van der Waals surface area (Å²) in [5.41, 5.74) is 12.3. The van der Waals surface area contributed by atoms with Gasteiger partial charge in [-0.2, -0.15) is 0 Å². The molecule has 4 aliphatic carbocycles. The quantitative estimate of drug-likeness (QED) is 0.234. The van der Waals surface area contributed by atoms with E-state index in [9.17, 15) is 0 Å². The zero-order valence-corrected chi connectivity index (χ0v) is 29.8. The molecule has 3 heteroatoms. The van der Waals surface area contributed by atoms with Crippen LogP contribution < -0.4 is 24.8 Å². The fourth-order valence-electron chi connectivity index (χ4n) is 8.81. The first-order valence-electron chi connectivity index (χ1n) is 17.3. The normalized spacial score (nSPS) is 17.6. The predicted octanol–water partition coefficient (Wildman–Crippen LogP) is 5.59. The Balaban J connectivity index is 0.00000186. The maximum absolute atomic E-state index is 2.71. The largest absolute Gasteiger partial charge is 1.00 e. The molecule has 2 fully saturated rings. The Hall–Kier alpha value is -2.48. The van der Waals surface area contributed by atoms with Gasteiger partial charge in [0.15, 0.2) is 0 Å². The molecule has 234 valence electrons. The summed E-state index contributed by atoms with van der Waals surface area (Å²) in [5, 5.41) is 0. The van der Waals surface area contributed by atoms with Crippen LogP contribution in [0.1, 0.15) is 120 Å². The van der Waals surface area contributed by atoms with E-state index < -0.39 is 17.4 Å². The molecule has 0 atom stereocenters. The van der Waals surface area contributed by atoms with Gasteiger partial charge in [-0.1, -0.05) is 0 Å². The average Bonchev–Trinajstić information content (AvgIpc) is 3.75. The maximum atomic E-state index is 2.71. The minimum atomic E-state index is -2.20. The third-order valence-corrected chi connectivity index (χ3v) is 16.3. The molecule has 0 amide bonds. The van der Waals surface area contributed by atoms with E-state index in [1.807, 2.05) is 0 Å². The molecule has 0 saturated heterocycles. The molecule has 0 aromatic heterocycles. The van der Waals surface area contributed by atoms with Gasteiger partial charge in [-0.25, -0.2) is 0 Å². The van der Waals surface area contributed by atoms with E-state index in [4.69, 9.17) is 0 Å². The first kappa shape index (κ1) is 33.4. The summed E-state index contributed by atoms with van der Waals surface area (Å²) in [4.78, 5) is 0. The molecule has 4 aliphatic rings. The average molecular weight is 680 g/mol. The van der Waals surface area contributed by atoms with Crippen molar-refractivity contribution in [3.63, 3.8) is 0 Å². The molecule has 0 unspecified atom stereocenters. The molecule has 0 N–H and O–H groups in total. The third kappa shape index (κ3) is 6.49. The second-order valence-electron chi connectivity index (χ2n) is 13.6. The molecule has 46 heavy (non-hydrogen) atoms. The minimum Gasteiger partial charge on any atom is -1.00 e. The molecule has 8 rings (SSSR count). The van der Waals surface area contributed by atoms with Crippen LogP contribution in [-0.4, -0.2) is 3.81 Å². The molecular weight excluding hydrogens is 635 g/mol. The van der Waals surface area contributed by atoms with Crippen molar-refractivity contribution < 1.29 is 42.2 Å². The van der Waals surface area contributed by atoms with Crippen molar-refractivity contribution >= 4 is 3.81 Å². The van der Waals surface area contributed by atoms with E-state index >= 15 is 0 Å². The Morgan fingerprint density at radius 3 is 1.46 bits per heavy atom. The topological polar surface area (TPSA) is 0 Å². The molecule has 0 heterocycles. The van der Waals surface area contributed by atoms with Crippen LogP contribution in [0.3, 0.4) is 0 Å². The molecule has 0 aliphatic heterocycles. The number of halogens is 2. The van der Waals surface area contributed by atoms with Crippen LogP contribution in [0.5, 0.6) is 0 Å². The first-order chi connectivity index (χ1) is 21.8. The number of benzene rings is 4. The summed E-state index contributed by atoms with van der Waals surface area (Å²) in [7, 11) is 0. The Kier molecular flexibility index (Phi) is 11.0. The van der Waals surface area contributed by atoms with Gasteiger partial charge in [0, 0.05) is 0 Å². The summed E-state index contributed by atoms with van der Waals surface area (Å²) >= 11 is -2.20. The number of hydrogen-bond donors (Lipinski definition) is 0. The molecular formula is C43H44Cl2Ti. The van der Waals surface area contributed by atoms with E-state index in [0.29, 0.717) is 4.22 Å². The van der Waals surface area contributed by atoms with Crippen molar-refractivity contribution in [3.05, 3.63) is 153 Å². The summed E-state index contributed by atoms with van der Waals surface area (Å²) in [6.45, 7) is 0. The predicted molar refractivity (Wildman–Crippen MR) is 183 cm³/mol. The van der Waals surface area contributed by atoms with Gasteiger partial charge in [-0.05, 0) is 0 Å². The molecule has 4 aromatic carbocycles. The van der Waals surface area contributed by atoms with E-state index in [2.05, 4.69) is 115 Å². The van der Waals surface area contributed by atoms with Gasteiger partial charge in [0.05, 0.1) is 0 Å².